The van der Waals surface area contributed by atoms with Crippen molar-refractivity contribution in [1.29, 1.82) is 0 Å². The van der Waals surface area contributed by atoms with E-state index in [2.05, 4.69) is 15.3 Å². The Morgan fingerprint density at radius 2 is 1.84 bits per heavy atom. The third-order valence-corrected chi connectivity index (χ3v) is 4.58. The molecule has 3 aromatic rings. The van der Waals surface area contributed by atoms with E-state index in [1.807, 2.05) is 0 Å². The van der Waals surface area contributed by atoms with Crippen molar-refractivity contribution in [2.75, 3.05) is 23.8 Å². The van der Waals surface area contributed by atoms with Crippen molar-refractivity contribution in [2.45, 2.75) is 6.10 Å². The number of nitro groups is 1. The minimum atomic E-state index is -1.29. The van der Waals surface area contributed by atoms with E-state index in [0.717, 1.165) is 6.07 Å². The molecular formula is C21H18ClN5O5. The predicted molar refractivity (Wildman–Crippen MR) is 117 cm³/mol. The van der Waals surface area contributed by atoms with Crippen molar-refractivity contribution >= 4 is 40.8 Å². The number of likely N-dealkylation sites (N-methyl/N-ethyl adjacent to an activating group) is 1. The molecule has 0 saturated carbocycles. The van der Waals surface area contributed by atoms with Crippen LogP contribution in [0.15, 0.2) is 67.0 Å². The number of nitro benzene ring substituents is 1. The number of hydrogen-bond donors (Lipinski definition) is 1. The number of amides is 1. The van der Waals surface area contributed by atoms with Gasteiger partial charge in [-0.15, -0.1) is 0 Å². The second-order valence-corrected chi connectivity index (χ2v) is 7.01. The minimum Gasteiger partial charge on any atom is -0.446 e. The maximum atomic E-state index is 12.9. The zero-order valence-electron chi connectivity index (χ0n) is 16.8. The lowest BCUT2D eigenvalue weighted by Crippen LogP contribution is -2.32. The lowest BCUT2D eigenvalue weighted by molar-refractivity contribution is -0.384. The first-order valence-corrected chi connectivity index (χ1v) is 9.70. The number of carbonyl (C=O) groups is 2. The molecule has 10 nitrogen and oxygen atoms in total. The Bertz CT molecular complexity index is 1110. The highest BCUT2D eigenvalue weighted by atomic mass is 35.5. The van der Waals surface area contributed by atoms with E-state index in [1.165, 1.54) is 29.4 Å². The summed E-state index contributed by atoms with van der Waals surface area (Å²) in [4.78, 5) is 45.5. The topological polar surface area (TPSA) is 128 Å². The van der Waals surface area contributed by atoms with Gasteiger partial charge in [0.2, 0.25) is 12.1 Å². The molecule has 0 aliphatic heterocycles. The van der Waals surface area contributed by atoms with Crippen LogP contribution in [0.3, 0.4) is 0 Å². The van der Waals surface area contributed by atoms with Gasteiger partial charge in [0.25, 0.3) is 11.6 Å². The van der Waals surface area contributed by atoms with Crippen LogP contribution >= 0.6 is 11.6 Å². The Kier molecular flexibility index (Phi) is 7.29. The van der Waals surface area contributed by atoms with E-state index in [0.29, 0.717) is 11.5 Å². The lowest BCUT2D eigenvalue weighted by atomic mass is 10.1. The number of aromatic nitrogens is 2. The molecule has 1 aromatic heterocycles. The first-order valence-electron chi connectivity index (χ1n) is 9.32. The van der Waals surface area contributed by atoms with Gasteiger partial charge in [0.1, 0.15) is 11.6 Å². The molecule has 0 bridgehead atoms. The van der Waals surface area contributed by atoms with E-state index in [4.69, 9.17) is 16.3 Å². The first-order chi connectivity index (χ1) is 15.3. The normalized spacial score (nSPS) is 11.3. The van der Waals surface area contributed by atoms with Gasteiger partial charge in [-0.2, -0.15) is 0 Å². The lowest BCUT2D eigenvalue weighted by Gasteiger charge is -2.20. The van der Waals surface area contributed by atoms with Crippen LogP contribution in [0.2, 0.25) is 5.02 Å². The fourth-order valence-corrected chi connectivity index (χ4v) is 2.95. The molecule has 0 aliphatic rings. The van der Waals surface area contributed by atoms with E-state index in [1.54, 1.807) is 43.4 Å². The van der Waals surface area contributed by atoms with Gasteiger partial charge in [0.15, 0.2) is 0 Å². The largest absolute Gasteiger partial charge is 0.446 e. The second-order valence-electron chi connectivity index (χ2n) is 6.60. The number of nitrogens with one attached hydrogen (secondary N) is 1. The maximum absolute atomic E-state index is 12.9. The number of anilines is 2. The van der Waals surface area contributed by atoms with Crippen molar-refractivity contribution in [2.24, 2.45) is 0 Å². The summed E-state index contributed by atoms with van der Waals surface area (Å²) in [7, 11) is 1.61. The van der Waals surface area contributed by atoms with E-state index < -0.39 is 22.9 Å². The number of benzene rings is 2. The second kappa shape index (κ2) is 10.3. The third-order valence-electron chi connectivity index (χ3n) is 4.26. The van der Waals surface area contributed by atoms with Gasteiger partial charge >= 0.3 is 5.97 Å². The quantitative estimate of drug-likeness (QED) is 0.311. The van der Waals surface area contributed by atoms with E-state index >= 15 is 0 Å². The van der Waals surface area contributed by atoms with Crippen molar-refractivity contribution in [3.63, 3.8) is 0 Å². The summed E-state index contributed by atoms with van der Waals surface area (Å²) in [5, 5.41) is 13.6. The van der Waals surface area contributed by atoms with Crippen molar-refractivity contribution in [3.05, 3.63) is 87.7 Å². The Hall–Kier alpha value is -4.05. The van der Waals surface area contributed by atoms with Crippen molar-refractivity contribution in [1.82, 2.24) is 9.97 Å². The zero-order chi connectivity index (χ0) is 23.1. The molecule has 1 heterocycles. The summed E-state index contributed by atoms with van der Waals surface area (Å²) in [5.41, 5.74) is 0.209. The molecule has 1 N–H and O–H groups in total. The highest BCUT2D eigenvalue weighted by Crippen LogP contribution is 2.28. The molecule has 1 unspecified atom stereocenters. The number of hydrogen-bond acceptors (Lipinski definition) is 8. The maximum Gasteiger partial charge on any atom is 0.326 e. The van der Waals surface area contributed by atoms with Gasteiger partial charge in [-0.05, 0) is 18.2 Å². The summed E-state index contributed by atoms with van der Waals surface area (Å²) < 4.78 is 5.46. The Morgan fingerprint density at radius 3 is 2.50 bits per heavy atom. The average molecular weight is 456 g/mol. The average Bonchev–Trinajstić information content (AvgIpc) is 2.79. The van der Waals surface area contributed by atoms with Crippen LogP contribution in [0.5, 0.6) is 0 Å². The summed E-state index contributed by atoms with van der Waals surface area (Å²) in [6.07, 6.45) is 1.79. The molecule has 32 heavy (non-hydrogen) atoms. The summed E-state index contributed by atoms with van der Waals surface area (Å²) >= 11 is 5.82. The Balaban J connectivity index is 1.77. The summed E-state index contributed by atoms with van der Waals surface area (Å²) in [5.74, 6) is -1.05. The van der Waals surface area contributed by atoms with Crippen molar-refractivity contribution < 1.29 is 19.2 Å². The minimum absolute atomic E-state index is 0.0646. The number of ether oxygens (including phenoxy) is 1. The van der Waals surface area contributed by atoms with Gasteiger partial charge in [-0.25, -0.2) is 9.97 Å². The summed E-state index contributed by atoms with van der Waals surface area (Å²) in [6.45, 7) is -0.201. The number of halogens is 1. The van der Waals surface area contributed by atoms with Crippen LogP contribution in [0.25, 0.3) is 0 Å². The number of esters is 1. The molecule has 0 fully saturated rings. The monoisotopic (exact) mass is 455 g/mol. The molecule has 0 aliphatic carbocycles. The number of nitrogens with zero attached hydrogens (tertiary/aromatic N) is 4. The molecule has 0 spiro atoms. The van der Waals surface area contributed by atoms with Crippen LogP contribution in [0, 0.1) is 10.1 Å². The number of carbonyl (C=O) groups excluding carboxylic acids is 2. The smallest absolute Gasteiger partial charge is 0.326 e. The van der Waals surface area contributed by atoms with Crippen LogP contribution in [0.1, 0.15) is 11.7 Å². The molecule has 1 amide bonds. The van der Waals surface area contributed by atoms with E-state index in [-0.39, 0.29) is 22.9 Å². The Labute approximate surface area is 188 Å². The summed E-state index contributed by atoms with van der Waals surface area (Å²) in [6, 6.07) is 13.9. The molecule has 3 rings (SSSR count). The van der Waals surface area contributed by atoms with Crippen LogP contribution in [-0.2, 0) is 14.3 Å². The molecular weight excluding hydrogens is 438 g/mol. The molecule has 164 valence electrons. The fourth-order valence-electron chi connectivity index (χ4n) is 2.76. The Morgan fingerprint density at radius 1 is 1.16 bits per heavy atom. The molecule has 0 saturated heterocycles. The molecule has 11 heteroatoms. The fraction of sp³-hybridized carbons (Fsp3) is 0.143. The molecule has 0 radical (unpaired) electrons. The molecule has 2 aromatic carbocycles. The number of rotatable bonds is 8. The zero-order valence-corrected chi connectivity index (χ0v) is 17.6. The van der Waals surface area contributed by atoms with Crippen LogP contribution in [-0.4, -0.2) is 40.4 Å². The van der Waals surface area contributed by atoms with Gasteiger partial charge in [-0.1, -0.05) is 41.9 Å². The standard InChI is InChI=1S/C21H18ClN5O5/c1-26(21-23-10-5-11-24-21)13-18(28)32-19(14-6-3-2-4-7-14)20(29)25-15-8-9-16(22)17(12-15)27(30)31/h2-12,19H,13H2,1H3,(H,25,29). The van der Waals surface area contributed by atoms with Gasteiger partial charge in [-0.3, -0.25) is 19.7 Å². The third kappa shape index (κ3) is 5.76. The SMILES string of the molecule is CN(CC(=O)OC(C(=O)Nc1ccc(Cl)c([N+](=O)[O-])c1)c1ccccc1)c1ncccn1. The van der Waals surface area contributed by atoms with Gasteiger partial charge < -0.3 is 15.0 Å². The first kappa shape index (κ1) is 22.6. The highest BCUT2D eigenvalue weighted by molar-refractivity contribution is 6.32. The van der Waals surface area contributed by atoms with E-state index in [9.17, 15) is 19.7 Å². The highest BCUT2D eigenvalue weighted by Gasteiger charge is 2.26. The van der Waals surface area contributed by atoms with Crippen molar-refractivity contribution in [3.8, 4) is 0 Å². The van der Waals surface area contributed by atoms with Gasteiger partial charge in [0.05, 0.1) is 4.92 Å². The molecule has 1 atom stereocenters. The van der Waals surface area contributed by atoms with Crippen LogP contribution < -0.4 is 10.2 Å². The predicted octanol–water partition coefficient (Wildman–Crippen LogP) is 3.40. The van der Waals surface area contributed by atoms with Gasteiger partial charge in [0, 0.05) is 36.8 Å². The van der Waals surface area contributed by atoms with Crippen LogP contribution in [0.4, 0.5) is 17.3 Å².